The Morgan fingerprint density at radius 3 is 2.56 bits per heavy atom. The summed E-state index contributed by atoms with van der Waals surface area (Å²) in [6.07, 6.45) is 1.47. The van der Waals surface area contributed by atoms with Gasteiger partial charge in [0.1, 0.15) is 0 Å². The fraction of sp³-hybridized carbons (Fsp3) is 0.364. The Balaban J connectivity index is 0.00000289. The average Bonchev–Trinajstić information content (AvgIpc) is 3.17. The van der Waals surface area contributed by atoms with Crippen LogP contribution in [0.4, 0.5) is 5.13 Å². The second kappa shape index (κ2) is 10.7. The predicted molar refractivity (Wildman–Crippen MR) is 130 cm³/mol. The van der Waals surface area contributed by atoms with E-state index in [4.69, 9.17) is 4.74 Å². The molecule has 10 heteroatoms. The zero-order valence-corrected chi connectivity index (χ0v) is 20.2. The van der Waals surface area contributed by atoms with Gasteiger partial charge < -0.3 is 4.74 Å². The van der Waals surface area contributed by atoms with Gasteiger partial charge in [-0.1, -0.05) is 41.7 Å². The van der Waals surface area contributed by atoms with Crippen molar-refractivity contribution in [1.82, 2.24) is 9.88 Å². The van der Waals surface area contributed by atoms with Crippen molar-refractivity contribution < 1.29 is 17.9 Å². The number of fused-ring (bicyclic) bond motifs is 1. The van der Waals surface area contributed by atoms with E-state index in [2.05, 4.69) is 9.88 Å². The Hall–Kier alpha value is -2.04. The van der Waals surface area contributed by atoms with Crippen molar-refractivity contribution in [2.45, 2.75) is 11.3 Å². The lowest BCUT2D eigenvalue weighted by Gasteiger charge is -2.29. The molecule has 0 bridgehead atoms. The number of rotatable bonds is 7. The first kappa shape index (κ1) is 24.6. The van der Waals surface area contributed by atoms with Crippen LogP contribution in [0.3, 0.4) is 0 Å². The summed E-state index contributed by atoms with van der Waals surface area (Å²) in [5.74, 6) is -0.0261. The van der Waals surface area contributed by atoms with E-state index in [0.717, 1.165) is 29.9 Å². The lowest BCUT2D eigenvalue weighted by Crippen LogP contribution is -2.43. The van der Waals surface area contributed by atoms with Crippen LogP contribution in [0.5, 0.6) is 0 Å². The number of aromatic nitrogens is 1. The summed E-state index contributed by atoms with van der Waals surface area (Å²) in [7, 11) is -3.31. The third kappa shape index (κ3) is 6.05. The standard InChI is InChI=1S/C22H25N3O4S2.ClH/c1-31(27,28)18-7-8-19-20(16-18)30-22(23-19)25(10-9-24-11-13-29-14-12-24)21(26)15-17-5-3-2-4-6-17;/h2-8,16H,9-15H2,1H3;1H. The monoisotopic (exact) mass is 495 g/mol. The van der Waals surface area contributed by atoms with Crippen molar-refractivity contribution >= 4 is 54.8 Å². The summed E-state index contributed by atoms with van der Waals surface area (Å²) in [5.41, 5.74) is 1.64. The van der Waals surface area contributed by atoms with Gasteiger partial charge in [-0.2, -0.15) is 0 Å². The van der Waals surface area contributed by atoms with Crippen LogP contribution in [0.2, 0.25) is 0 Å². The Bertz CT molecular complexity index is 1160. The summed E-state index contributed by atoms with van der Waals surface area (Å²) in [6, 6.07) is 14.5. The first-order chi connectivity index (χ1) is 14.9. The number of benzene rings is 2. The second-order valence-corrected chi connectivity index (χ2v) is 10.6. The number of hydrogen-bond acceptors (Lipinski definition) is 7. The number of carbonyl (C=O) groups is 1. The minimum Gasteiger partial charge on any atom is -0.379 e. The van der Waals surface area contributed by atoms with Crippen LogP contribution >= 0.6 is 23.7 Å². The number of hydrogen-bond donors (Lipinski definition) is 0. The number of carbonyl (C=O) groups excluding carboxylic acids is 1. The van der Waals surface area contributed by atoms with Crippen LogP contribution in [-0.2, 0) is 25.8 Å². The molecular formula is C22H26ClN3O4S2. The number of morpholine rings is 1. The molecule has 1 fully saturated rings. The van der Waals surface area contributed by atoms with Gasteiger partial charge in [0, 0.05) is 32.4 Å². The third-order valence-electron chi connectivity index (χ3n) is 5.25. The van der Waals surface area contributed by atoms with Gasteiger partial charge >= 0.3 is 0 Å². The molecular weight excluding hydrogens is 470 g/mol. The molecule has 1 aromatic heterocycles. The maximum atomic E-state index is 13.2. The molecule has 0 N–H and O–H groups in total. The molecule has 172 valence electrons. The van der Waals surface area contributed by atoms with E-state index in [-0.39, 0.29) is 29.6 Å². The molecule has 0 spiro atoms. The Morgan fingerprint density at radius 2 is 1.88 bits per heavy atom. The fourth-order valence-corrected chi connectivity index (χ4v) is 5.27. The van der Waals surface area contributed by atoms with E-state index < -0.39 is 9.84 Å². The van der Waals surface area contributed by atoms with Crippen LogP contribution in [-0.4, -0.2) is 69.9 Å². The largest absolute Gasteiger partial charge is 0.379 e. The van der Waals surface area contributed by atoms with Gasteiger partial charge in [-0.05, 0) is 23.8 Å². The smallest absolute Gasteiger partial charge is 0.233 e. The molecule has 7 nitrogen and oxygen atoms in total. The lowest BCUT2D eigenvalue weighted by molar-refractivity contribution is -0.118. The zero-order chi connectivity index (χ0) is 21.8. The quantitative estimate of drug-likeness (QED) is 0.501. The maximum absolute atomic E-state index is 13.2. The van der Waals surface area contributed by atoms with Gasteiger partial charge in [0.15, 0.2) is 15.0 Å². The van der Waals surface area contributed by atoms with Crippen molar-refractivity contribution in [3.05, 3.63) is 54.1 Å². The highest BCUT2D eigenvalue weighted by molar-refractivity contribution is 7.90. The minimum atomic E-state index is -3.31. The fourth-order valence-electron chi connectivity index (χ4n) is 3.50. The van der Waals surface area contributed by atoms with Crippen molar-refractivity contribution in [1.29, 1.82) is 0 Å². The number of ether oxygens (including phenoxy) is 1. The van der Waals surface area contributed by atoms with Gasteiger partial charge in [-0.3, -0.25) is 14.6 Å². The van der Waals surface area contributed by atoms with Gasteiger partial charge in [0.2, 0.25) is 5.91 Å². The Labute approximate surface area is 198 Å². The molecule has 3 aromatic rings. The number of halogens is 1. The summed E-state index contributed by atoms with van der Waals surface area (Å²) in [5, 5.41) is 0.592. The number of amides is 1. The molecule has 4 rings (SSSR count). The molecule has 1 aliphatic heterocycles. The summed E-state index contributed by atoms with van der Waals surface area (Å²) in [6.45, 7) is 4.34. The normalized spacial score (nSPS) is 14.8. The van der Waals surface area contributed by atoms with Gasteiger partial charge in [-0.15, -0.1) is 12.4 Å². The van der Waals surface area contributed by atoms with E-state index in [9.17, 15) is 13.2 Å². The van der Waals surface area contributed by atoms with Crippen molar-refractivity contribution in [2.24, 2.45) is 0 Å². The summed E-state index contributed by atoms with van der Waals surface area (Å²) < 4.78 is 30.0. The molecule has 0 aliphatic carbocycles. The molecule has 0 atom stereocenters. The number of sulfone groups is 1. The minimum absolute atomic E-state index is 0. The van der Waals surface area contributed by atoms with Crippen LogP contribution in [0.1, 0.15) is 5.56 Å². The number of nitrogens with zero attached hydrogens (tertiary/aromatic N) is 3. The first-order valence-corrected chi connectivity index (χ1v) is 12.9. The van der Waals surface area contributed by atoms with E-state index >= 15 is 0 Å². The molecule has 2 aromatic carbocycles. The van der Waals surface area contributed by atoms with Crippen molar-refractivity contribution in [3.63, 3.8) is 0 Å². The first-order valence-electron chi connectivity index (χ1n) is 10.2. The van der Waals surface area contributed by atoms with E-state index in [1.54, 1.807) is 23.1 Å². The molecule has 1 aliphatic rings. The molecule has 0 saturated carbocycles. The molecule has 0 unspecified atom stereocenters. The van der Waals surface area contributed by atoms with Gasteiger partial charge in [0.25, 0.3) is 0 Å². The van der Waals surface area contributed by atoms with E-state index in [0.29, 0.717) is 30.4 Å². The highest BCUT2D eigenvalue weighted by atomic mass is 35.5. The lowest BCUT2D eigenvalue weighted by atomic mass is 10.1. The number of anilines is 1. The predicted octanol–water partition coefficient (Wildman–Crippen LogP) is 3.03. The summed E-state index contributed by atoms with van der Waals surface area (Å²) >= 11 is 1.35. The highest BCUT2D eigenvalue weighted by Crippen LogP contribution is 2.31. The molecule has 2 heterocycles. The molecule has 0 radical (unpaired) electrons. The Morgan fingerprint density at radius 1 is 1.16 bits per heavy atom. The van der Waals surface area contributed by atoms with Gasteiger partial charge in [-0.25, -0.2) is 13.4 Å². The van der Waals surface area contributed by atoms with Gasteiger partial charge in [0.05, 0.1) is 34.7 Å². The zero-order valence-electron chi connectivity index (χ0n) is 17.8. The SMILES string of the molecule is CS(=O)(=O)c1ccc2nc(N(CCN3CCOCC3)C(=O)Cc3ccccc3)sc2c1.Cl. The van der Waals surface area contributed by atoms with Crippen LogP contribution in [0.15, 0.2) is 53.4 Å². The Kier molecular flexibility index (Phi) is 8.24. The summed E-state index contributed by atoms with van der Waals surface area (Å²) in [4.78, 5) is 22.2. The molecule has 1 amide bonds. The van der Waals surface area contributed by atoms with Crippen LogP contribution in [0, 0.1) is 0 Å². The van der Waals surface area contributed by atoms with Crippen LogP contribution < -0.4 is 4.90 Å². The van der Waals surface area contributed by atoms with Crippen LogP contribution in [0.25, 0.3) is 10.2 Å². The molecule has 32 heavy (non-hydrogen) atoms. The molecule has 1 saturated heterocycles. The topological polar surface area (TPSA) is 79.8 Å². The highest BCUT2D eigenvalue weighted by Gasteiger charge is 2.22. The van der Waals surface area contributed by atoms with Crippen molar-refractivity contribution in [3.8, 4) is 0 Å². The van der Waals surface area contributed by atoms with Crippen molar-refractivity contribution in [2.75, 3.05) is 50.5 Å². The second-order valence-electron chi connectivity index (χ2n) is 7.56. The average molecular weight is 496 g/mol. The number of thiazole rings is 1. The maximum Gasteiger partial charge on any atom is 0.233 e. The third-order valence-corrected chi connectivity index (χ3v) is 7.40. The van der Waals surface area contributed by atoms with E-state index in [1.165, 1.54) is 17.6 Å². The van der Waals surface area contributed by atoms with E-state index in [1.807, 2.05) is 30.3 Å².